The Labute approximate surface area is 237 Å². The number of carbonyl (C=O) groups is 2. The molecule has 2 aliphatic carbocycles. The zero-order valence-corrected chi connectivity index (χ0v) is 23.8. The van der Waals surface area contributed by atoms with Crippen LogP contribution in [0.3, 0.4) is 0 Å². The van der Waals surface area contributed by atoms with E-state index in [0.717, 1.165) is 11.6 Å². The second-order valence-electron chi connectivity index (χ2n) is 9.85. The van der Waals surface area contributed by atoms with Crippen LogP contribution in [0.25, 0.3) is 11.8 Å². The molecule has 41 heavy (non-hydrogen) atoms. The number of nitrogens with zero attached hydrogens (tertiary/aromatic N) is 2. The summed E-state index contributed by atoms with van der Waals surface area (Å²) in [7, 11) is 3.67. The van der Waals surface area contributed by atoms with Crippen LogP contribution in [0.4, 0.5) is 0 Å². The van der Waals surface area contributed by atoms with Gasteiger partial charge < -0.3 is 23.7 Å². The van der Waals surface area contributed by atoms with Crippen LogP contribution in [0.1, 0.15) is 33.6 Å². The first kappa shape index (κ1) is 31.3. The highest BCUT2D eigenvalue weighted by atomic mass is 16.5. The highest BCUT2D eigenvalue weighted by molar-refractivity contribution is 6.10. The van der Waals surface area contributed by atoms with Crippen molar-refractivity contribution in [3.05, 3.63) is 73.2 Å². The summed E-state index contributed by atoms with van der Waals surface area (Å²) in [6.45, 7) is 4.88. The number of allylic oxidation sites excluding steroid dienone is 3. The maximum absolute atomic E-state index is 12.9. The molecule has 3 rings (SSSR count). The molecular formula is C30H34N2O9. The number of ketones is 1. The van der Waals surface area contributed by atoms with Gasteiger partial charge in [-0.25, -0.2) is 4.79 Å². The number of ether oxygens (including phenoxy) is 3. The third-order valence-electron chi connectivity index (χ3n) is 6.46. The highest BCUT2D eigenvalue weighted by Crippen LogP contribution is 2.32. The van der Waals surface area contributed by atoms with Gasteiger partial charge in [0.25, 0.3) is 0 Å². The number of aliphatic hydroxyl groups is 1. The fraction of sp³-hybridized carbons (Fsp3) is 0.433. The van der Waals surface area contributed by atoms with Gasteiger partial charge in [-0.15, -0.1) is 0 Å². The van der Waals surface area contributed by atoms with Crippen molar-refractivity contribution < 1.29 is 33.3 Å². The third-order valence-corrected chi connectivity index (χ3v) is 6.46. The van der Waals surface area contributed by atoms with Gasteiger partial charge in [0.2, 0.25) is 5.76 Å². The molecule has 3 unspecified atom stereocenters. The molecule has 0 saturated carbocycles. The molecule has 1 aromatic heterocycles. The summed E-state index contributed by atoms with van der Waals surface area (Å²) < 4.78 is 22.1. The Morgan fingerprint density at radius 3 is 2.73 bits per heavy atom. The third kappa shape index (κ3) is 7.90. The predicted octanol–water partition coefficient (Wildman–Crippen LogP) is 1.64. The quantitative estimate of drug-likeness (QED) is 0.123. The molecule has 2 aliphatic rings. The van der Waals surface area contributed by atoms with Crippen LogP contribution in [-0.4, -0.2) is 73.4 Å². The molecule has 1 heterocycles. The summed E-state index contributed by atoms with van der Waals surface area (Å²) >= 11 is 0. The first-order chi connectivity index (χ1) is 19.5. The van der Waals surface area contributed by atoms with Crippen molar-refractivity contribution >= 4 is 23.6 Å². The number of rotatable bonds is 13. The van der Waals surface area contributed by atoms with Crippen LogP contribution in [-0.2, 0) is 23.8 Å². The van der Waals surface area contributed by atoms with Gasteiger partial charge in [-0.1, -0.05) is 24.1 Å². The van der Waals surface area contributed by atoms with Gasteiger partial charge in [0, 0.05) is 17.7 Å². The molecule has 218 valence electrons. The van der Waals surface area contributed by atoms with E-state index in [1.54, 1.807) is 26.0 Å². The van der Waals surface area contributed by atoms with E-state index in [1.807, 2.05) is 32.0 Å². The number of carbonyl (C=O) groups excluding carboxylic acids is 2. The zero-order chi connectivity index (χ0) is 30.2. The number of fused-ring (bicyclic) bond motifs is 1. The SMILES string of the molecule is CCOC(=O)/C(O)=C/C(=O)C1=CC(C)(OCC(COC2=c3c(=O)ccoc3=CC(N(C)C)C#C2)N=O)CC=C1CC. The van der Waals surface area contributed by atoms with Crippen LogP contribution in [0.5, 0.6) is 0 Å². The minimum atomic E-state index is -0.995. The lowest BCUT2D eigenvalue weighted by Crippen LogP contribution is -2.41. The van der Waals surface area contributed by atoms with E-state index in [2.05, 4.69) is 17.0 Å². The Morgan fingerprint density at radius 2 is 2.07 bits per heavy atom. The number of esters is 1. The second kappa shape index (κ2) is 13.9. The molecule has 11 nitrogen and oxygen atoms in total. The van der Waals surface area contributed by atoms with Crippen LogP contribution < -0.4 is 16.1 Å². The summed E-state index contributed by atoms with van der Waals surface area (Å²) in [6, 6.07) is -0.0240. The molecule has 0 radical (unpaired) electrons. The standard InChI is InChI=1S/C30H34N2O9/c1-6-19-10-12-30(3,16-22(19)24(34)15-25(35)29(36)38-7-2)41-18-20(31-37)17-40-26-9-8-21(32(4)5)14-27-28(26)23(33)11-13-39-27/h10-11,13-16,20-21,35H,6-7,12,17-18H2,1-5H3/b25-15-. The van der Waals surface area contributed by atoms with E-state index in [9.17, 15) is 24.4 Å². The van der Waals surface area contributed by atoms with Crippen molar-refractivity contribution in [2.75, 3.05) is 33.9 Å². The van der Waals surface area contributed by atoms with Crippen molar-refractivity contribution in [2.24, 2.45) is 5.18 Å². The van der Waals surface area contributed by atoms with E-state index in [1.165, 1.54) is 12.3 Å². The second-order valence-corrected chi connectivity index (χ2v) is 9.85. The van der Waals surface area contributed by atoms with Gasteiger partial charge in [-0.05, 0) is 64.4 Å². The molecule has 0 amide bonds. The van der Waals surface area contributed by atoms with Crippen molar-refractivity contribution in [3.8, 4) is 11.8 Å². The molecule has 0 bridgehead atoms. The van der Waals surface area contributed by atoms with Gasteiger partial charge in [0.1, 0.15) is 23.3 Å². The van der Waals surface area contributed by atoms with Crippen LogP contribution in [0, 0.1) is 16.7 Å². The van der Waals surface area contributed by atoms with Crippen LogP contribution >= 0.6 is 0 Å². The topological polar surface area (TPSA) is 145 Å². The summed E-state index contributed by atoms with van der Waals surface area (Å²) in [5.41, 5.74) is -0.0308. The molecule has 0 aromatic carbocycles. The number of aliphatic hydroxyl groups excluding tert-OH is 1. The summed E-state index contributed by atoms with van der Waals surface area (Å²) in [5, 5.41) is 13.2. The minimum absolute atomic E-state index is 0.0517. The van der Waals surface area contributed by atoms with Gasteiger partial charge in [0.05, 0.1) is 31.1 Å². The Balaban J connectivity index is 1.77. The van der Waals surface area contributed by atoms with Crippen molar-refractivity contribution in [2.45, 2.75) is 51.3 Å². The minimum Gasteiger partial charge on any atom is -0.502 e. The zero-order valence-electron chi connectivity index (χ0n) is 23.8. The van der Waals surface area contributed by atoms with E-state index in [0.29, 0.717) is 18.3 Å². The molecule has 1 aromatic rings. The highest BCUT2D eigenvalue weighted by Gasteiger charge is 2.31. The maximum Gasteiger partial charge on any atom is 0.373 e. The number of nitroso groups, excluding NO2 is 1. The lowest BCUT2D eigenvalue weighted by Gasteiger charge is -2.31. The molecule has 0 aliphatic heterocycles. The first-order valence-electron chi connectivity index (χ1n) is 13.2. The smallest absolute Gasteiger partial charge is 0.373 e. The molecule has 0 spiro atoms. The van der Waals surface area contributed by atoms with Crippen LogP contribution in [0.15, 0.2) is 61.9 Å². The fourth-order valence-electron chi connectivity index (χ4n) is 4.15. The Hall–Kier alpha value is -4.27. The van der Waals surface area contributed by atoms with Crippen molar-refractivity contribution in [1.29, 1.82) is 0 Å². The monoisotopic (exact) mass is 566 g/mol. The first-order valence-corrected chi connectivity index (χ1v) is 13.2. The predicted molar refractivity (Wildman–Crippen MR) is 151 cm³/mol. The van der Waals surface area contributed by atoms with E-state index in [4.69, 9.17) is 18.6 Å². The number of hydrogen-bond acceptors (Lipinski definition) is 11. The van der Waals surface area contributed by atoms with Gasteiger partial charge in [0.15, 0.2) is 17.0 Å². The Bertz CT molecular complexity index is 1520. The fourth-order valence-corrected chi connectivity index (χ4v) is 4.15. The van der Waals surface area contributed by atoms with E-state index >= 15 is 0 Å². The lowest BCUT2D eigenvalue weighted by atomic mass is 9.85. The Kier molecular flexibility index (Phi) is 10.6. The maximum atomic E-state index is 12.9. The molecular weight excluding hydrogens is 532 g/mol. The molecule has 0 saturated heterocycles. The molecule has 1 N–H and O–H groups in total. The summed E-state index contributed by atoms with van der Waals surface area (Å²) in [4.78, 5) is 50.8. The van der Waals surface area contributed by atoms with Gasteiger partial charge in [-0.3, -0.25) is 14.5 Å². The average molecular weight is 567 g/mol. The van der Waals surface area contributed by atoms with Crippen LogP contribution in [0.2, 0.25) is 0 Å². The lowest BCUT2D eigenvalue weighted by molar-refractivity contribution is -0.141. The largest absolute Gasteiger partial charge is 0.502 e. The van der Waals surface area contributed by atoms with Crippen molar-refractivity contribution in [3.63, 3.8) is 0 Å². The normalized spacial score (nSPS) is 20.8. The van der Waals surface area contributed by atoms with Crippen molar-refractivity contribution in [1.82, 2.24) is 4.90 Å². The van der Waals surface area contributed by atoms with E-state index < -0.39 is 29.2 Å². The summed E-state index contributed by atoms with van der Waals surface area (Å²) in [6.07, 6.45) is 8.22. The summed E-state index contributed by atoms with van der Waals surface area (Å²) in [5.74, 6) is 3.58. The average Bonchev–Trinajstić information content (AvgIpc) is 3.13. The molecule has 3 atom stereocenters. The molecule has 11 heteroatoms. The van der Waals surface area contributed by atoms with E-state index in [-0.39, 0.29) is 47.8 Å². The van der Waals surface area contributed by atoms with Gasteiger partial charge >= 0.3 is 5.97 Å². The van der Waals surface area contributed by atoms with Gasteiger partial charge in [-0.2, -0.15) is 4.91 Å². The Morgan fingerprint density at radius 1 is 1.32 bits per heavy atom. The molecule has 0 fully saturated rings. The number of hydrogen-bond donors (Lipinski definition) is 1.